The van der Waals surface area contributed by atoms with E-state index in [0.717, 1.165) is 18.0 Å². The average molecular weight is 390 g/mol. The zero-order valence-electron chi connectivity index (χ0n) is 14.2. The molecule has 6 nitrogen and oxygen atoms in total. The summed E-state index contributed by atoms with van der Waals surface area (Å²) >= 11 is 6.03. The molecule has 1 aliphatic heterocycles. The topological polar surface area (TPSA) is 63.9 Å². The van der Waals surface area contributed by atoms with Gasteiger partial charge >= 0.3 is 0 Å². The molecule has 0 spiro atoms. The van der Waals surface area contributed by atoms with Gasteiger partial charge < -0.3 is 4.90 Å². The second kappa shape index (κ2) is 6.70. The van der Waals surface area contributed by atoms with Crippen molar-refractivity contribution in [3.63, 3.8) is 0 Å². The fourth-order valence-electron chi connectivity index (χ4n) is 3.21. The van der Waals surface area contributed by atoms with Crippen molar-refractivity contribution in [3.05, 3.63) is 70.1 Å². The molecular formula is C18H14ClF2N5O. The number of amides is 1. The third-order valence-corrected chi connectivity index (χ3v) is 4.91. The predicted molar refractivity (Wildman–Crippen MR) is 93.7 cm³/mol. The van der Waals surface area contributed by atoms with Crippen molar-refractivity contribution in [2.75, 3.05) is 6.54 Å². The summed E-state index contributed by atoms with van der Waals surface area (Å²) < 4.78 is 27.9. The van der Waals surface area contributed by atoms with Gasteiger partial charge in [-0.15, -0.1) is 5.10 Å². The number of pyridine rings is 1. The van der Waals surface area contributed by atoms with Crippen molar-refractivity contribution in [2.45, 2.75) is 19.4 Å². The Morgan fingerprint density at radius 3 is 2.70 bits per heavy atom. The summed E-state index contributed by atoms with van der Waals surface area (Å²) in [6.45, 7) is 2.25. The largest absolute Gasteiger partial charge is 0.330 e. The van der Waals surface area contributed by atoms with E-state index in [9.17, 15) is 13.6 Å². The van der Waals surface area contributed by atoms with Crippen LogP contribution in [-0.2, 0) is 6.42 Å². The molecule has 9 heteroatoms. The second-order valence-electron chi connectivity index (χ2n) is 6.22. The molecule has 1 aromatic carbocycles. The summed E-state index contributed by atoms with van der Waals surface area (Å²) in [5.41, 5.74) is 1.69. The van der Waals surface area contributed by atoms with Crippen LogP contribution in [0.4, 0.5) is 8.78 Å². The zero-order chi connectivity index (χ0) is 19.1. The van der Waals surface area contributed by atoms with E-state index < -0.39 is 11.6 Å². The van der Waals surface area contributed by atoms with Gasteiger partial charge in [0.1, 0.15) is 17.3 Å². The molecular weight excluding hydrogens is 376 g/mol. The quantitative estimate of drug-likeness (QED) is 0.674. The van der Waals surface area contributed by atoms with Gasteiger partial charge in [0.25, 0.3) is 5.91 Å². The predicted octanol–water partition coefficient (Wildman–Crippen LogP) is 3.35. The molecule has 0 aliphatic carbocycles. The van der Waals surface area contributed by atoms with Crippen LogP contribution in [0.1, 0.15) is 34.7 Å². The lowest BCUT2D eigenvalue weighted by Crippen LogP contribution is -2.39. The van der Waals surface area contributed by atoms with Gasteiger partial charge in [0.05, 0.1) is 28.5 Å². The van der Waals surface area contributed by atoms with Crippen LogP contribution in [-0.4, -0.2) is 37.3 Å². The Morgan fingerprint density at radius 2 is 2.00 bits per heavy atom. The molecule has 0 bridgehead atoms. The van der Waals surface area contributed by atoms with Gasteiger partial charge in [0, 0.05) is 13.0 Å². The smallest absolute Gasteiger partial charge is 0.255 e. The summed E-state index contributed by atoms with van der Waals surface area (Å²) in [7, 11) is 0. The minimum atomic E-state index is -0.500. The Bertz CT molecular complexity index is 1020. The Kier molecular flexibility index (Phi) is 4.35. The van der Waals surface area contributed by atoms with Crippen molar-refractivity contribution < 1.29 is 13.6 Å². The minimum absolute atomic E-state index is 0.0668. The van der Waals surface area contributed by atoms with Gasteiger partial charge in [0.15, 0.2) is 5.82 Å². The van der Waals surface area contributed by atoms with Crippen LogP contribution in [0.15, 0.2) is 36.5 Å². The van der Waals surface area contributed by atoms with Crippen LogP contribution in [0.2, 0.25) is 5.02 Å². The minimum Gasteiger partial charge on any atom is -0.330 e. The second-order valence-corrected chi connectivity index (χ2v) is 6.62. The fraction of sp³-hybridized carbons (Fsp3) is 0.222. The van der Waals surface area contributed by atoms with Gasteiger partial charge in [-0.05, 0) is 37.3 Å². The maximum Gasteiger partial charge on any atom is 0.255 e. The molecule has 0 radical (unpaired) electrons. The van der Waals surface area contributed by atoms with E-state index in [4.69, 9.17) is 11.6 Å². The fourth-order valence-corrected chi connectivity index (χ4v) is 3.46. The molecule has 0 saturated heterocycles. The Labute approximate surface area is 158 Å². The lowest BCUT2D eigenvalue weighted by atomic mass is 10.0. The summed E-state index contributed by atoms with van der Waals surface area (Å²) in [5.74, 6) is -0.777. The average Bonchev–Trinajstić information content (AvgIpc) is 3.07. The summed E-state index contributed by atoms with van der Waals surface area (Å²) in [5, 5.41) is 8.37. The van der Waals surface area contributed by atoms with Crippen molar-refractivity contribution >= 4 is 17.5 Å². The number of fused-ring (bicyclic) bond motifs is 1. The standard InChI is InChI=1S/C18H14ClF2N5O/c1-10-17-15(26(24-23-17)16-5-3-12(21)9-22-16)6-7-25(10)18(27)13-4-2-11(20)8-14(13)19/h2-5,8-10H,6-7H2,1H3. The molecule has 0 N–H and O–H groups in total. The van der Waals surface area contributed by atoms with Crippen LogP contribution in [0.3, 0.4) is 0 Å². The molecule has 0 saturated carbocycles. The molecule has 1 unspecified atom stereocenters. The van der Waals surface area contributed by atoms with E-state index in [1.54, 1.807) is 9.58 Å². The highest BCUT2D eigenvalue weighted by atomic mass is 35.5. The SMILES string of the molecule is CC1c2nnn(-c3ccc(F)cn3)c2CCN1C(=O)c1ccc(F)cc1Cl. The Balaban J connectivity index is 1.65. The van der Waals surface area contributed by atoms with Crippen molar-refractivity contribution in [1.82, 2.24) is 24.9 Å². The summed E-state index contributed by atoms with van der Waals surface area (Å²) in [6, 6.07) is 6.17. The van der Waals surface area contributed by atoms with Gasteiger partial charge in [-0.1, -0.05) is 16.8 Å². The number of carbonyl (C=O) groups excluding carboxylic acids is 1. The lowest BCUT2D eigenvalue weighted by Gasteiger charge is -2.32. The summed E-state index contributed by atoms with van der Waals surface area (Å²) in [6.07, 6.45) is 1.61. The number of hydrogen-bond donors (Lipinski definition) is 0. The number of nitrogens with zero attached hydrogens (tertiary/aromatic N) is 5. The van der Waals surface area contributed by atoms with Crippen LogP contribution in [0.25, 0.3) is 5.82 Å². The number of halogens is 3. The van der Waals surface area contributed by atoms with Gasteiger partial charge in [-0.25, -0.2) is 13.8 Å². The van der Waals surface area contributed by atoms with Gasteiger partial charge in [-0.2, -0.15) is 4.68 Å². The van der Waals surface area contributed by atoms with Crippen LogP contribution in [0.5, 0.6) is 0 Å². The highest BCUT2D eigenvalue weighted by Crippen LogP contribution is 2.31. The zero-order valence-corrected chi connectivity index (χ0v) is 15.0. The first-order valence-corrected chi connectivity index (χ1v) is 8.66. The van der Waals surface area contributed by atoms with Gasteiger partial charge in [-0.3, -0.25) is 4.79 Å². The normalized spacial score (nSPS) is 16.3. The number of benzene rings is 1. The van der Waals surface area contributed by atoms with E-state index in [2.05, 4.69) is 15.3 Å². The monoisotopic (exact) mass is 389 g/mol. The number of aromatic nitrogens is 4. The number of hydrogen-bond acceptors (Lipinski definition) is 4. The van der Waals surface area contributed by atoms with Crippen molar-refractivity contribution in [1.29, 1.82) is 0 Å². The molecule has 1 aliphatic rings. The third-order valence-electron chi connectivity index (χ3n) is 4.60. The molecule has 4 rings (SSSR count). The molecule has 1 atom stereocenters. The van der Waals surface area contributed by atoms with E-state index >= 15 is 0 Å². The first-order valence-electron chi connectivity index (χ1n) is 8.28. The number of carbonyl (C=O) groups is 1. The summed E-state index contributed by atoms with van der Waals surface area (Å²) in [4.78, 5) is 18.5. The molecule has 3 aromatic rings. The van der Waals surface area contributed by atoms with E-state index in [1.165, 1.54) is 24.3 Å². The van der Waals surface area contributed by atoms with Crippen LogP contribution in [0, 0.1) is 11.6 Å². The van der Waals surface area contributed by atoms with Crippen LogP contribution >= 0.6 is 11.6 Å². The first-order chi connectivity index (χ1) is 13.0. The van der Waals surface area contributed by atoms with Crippen LogP contribution < -0.4 is 0 Å². The Morgan fingerprint density at radius 1 is 1.22 bits per heavy atom. The van der Waals surface area contributed by atoms with E-state index in [0.29, 0.717) is 24.5 Å². The third kappa shape index (κ3) is 3.06. The number of rotatable bonds is 2. The molecule has 3 heterocycles. The maximum atomic E-state index is 13.3. The lowest BCUT2D eigenvalue weighted by molar-refractivity contribution is 0.0672. The molecule has 1 amide bonds. The molecule has 138 valence electrons. The maximum absolute atomic E-state index is 13.3. The molecule has 0 fully saturated rings. The van der Waals surface area contributed by atoms with E-state index in [-0.39, 0.29) is 22.5 Å². The van der Waals surface area contributed by atoms with Crippen molar-refractivity contribution in [3.8, 4) is 5.82 Å². The van der Waals surface area contributed by atoms with Crippen molar-refractivity contribution in [2.24, 2.45) is 0 Å². The first kappa shape index (κ1) is 17.5. The highest BCUT2D eigenvalue weighted by molar-refractivity contribution is 6.33. The highest BCUT2D eigenvalue weighted by Gasteiger charge is 2.33. The molecule has 2 aromatic heterocycles. The van der Waals surface area contributed by atoms with E-state index in [1.807, 2.05) is 6.92 Å². The molecule has 27 heavy (non-hydrogen) atoms. The van der Waals surface area contributed by atoms with Gasteiger partial charge in [0.2, 0.25) is 0 Å². The Hall–Kier alpha value is -2.87.